The monoisotopic (exact) mass is 575 g/mol. The third-order valence-electron chi connectivity index (χ3n) is 6.73. The van der Waals surface area contributed by atoms with Crippen molar-refractivity contribution in [3.63, 3.8) is 0 Å². The van der Waals surface area contributed by atoms with E-state index in [1.54, 1.807) is 24.3 Å². The predicted octanol–water partition coefficient (Wildman–Crippen LogP) is 5.07. The molecule has 0 amide bonds. The number of nitrogens with zero attached hydrogens (tertiary/aromatic N) is 3. The van der Waals surface area contributed by atoms with E-state index < -0.39 is 20.9 Å². The summed E-state index contributed by atoms with van der Waals surface area (Å²) in [5.74, 6) is -1.94. The summed E-state index contributed by atoms with van der Waals surface area (Å²) in [5.41, 5.74) is 1.29. The fraction of sp³-hybridized carbons (Fsp3) is 0.357. The van der Waals surface area contributed by atoms with Crippen molar-refractivity contribution in [1.29, 1.82) is 0 Å². The molecule has 3 aromatic carbocycles. The number of halogens is 2. The average molecular weight is 576 g/mol. The molecule has 0 radical (unpaired) electrons. The highest BCUT2D eigenvalue weighted by Crippen LogP contribution is 2.31. The number of sulfonamides is 1. The molecule has 1 fully saturated rings. The van der Waals surface area contributed by atoms with Crippen molar-refractivity contribution in [2.24, 2.45) is 0 Å². The van der Waals surface area contributed by atoms with Gasteiger partial charge < -0.3 is 9.47 Å². The van der Waals surface area contributed by atoms with E-state index in [1.807, 2.05) is 11.8 Å². The van der Waals surface area contributed by atoms with Crippen LogP contribution in [0.1, 0.15) is 30.9 Å². The van der Waals surface area contributed by atoms with Crippen LogP contribution >= 0.6 is 0 Å². The summed E-state index contributed by atoms with van der Waals surface area (Å²) in [4.78, 5) is 12.3. The Morgan fingerprint density at radius 2 is 1.30 bits per heavy atom. The minimum absolute atomic E-state index is 0.0218. The maximum atomic E-state index is 13.4. The lowest BCUT2D eigenvalue weighted by Crippen LogP contribution is -2.60. The molecule has 40 heavy (non-hydrogen) atoms. The van der Waals surface area contributed by atoms with Crippen LogP contribution in [0.25, 0.3) is 0 Å². The smallest absolute Gasteiger partial charge is 0.269 e. The van der Waals surface area contributed by atoms with Gasteiger partial charge in [-0.15, -0.1) is 0 Å². The molecule has 0 saturated carbocycles. The number of rotatable bonds is 12. The minimum atomic E-state index is -3.87. The Morgan fingerprint density at radius 1 is 0.825 bits per heavy atom. The number of ether oxygens (including phenoxy) is 2. The number of nitro groups is 1. The summed E-state index contributed by atoms with van der Waals surface area (Å²) in [7, 11) is -3.87. The van der Waals surface area contributed by atoms with Gasteiger partial charge >= 0.3 is 0 Å². The second-order valence-corrected chi connectivity index (χ2v) is 11.4. The summed E-state index contributed by atoms with van der Waals surface area (Å²) in [5, 5.41) is 10.9. The third kappa shape index (κ3) is 7.07. The molecule has 1 aliphatic rings. The van der Waals surface area contributed by atoms with Crippen molar-refractivity contribution in [2.75, 3.05) is 26.2 Å². The number of benzene rings is 3. The van der Waals surface area contributed by atoms with Crippen LogP contribution in [0.4, 0.5) is 14.5 Å². The third-order valence-corrected chi connectivity index (χ3v) is 8.64. The lowest BCUT2D eigenvalue weighted by Gasteiger charge is -2.46. The zero-order valence-electron chi connectivity index (χ0n) is 22.0. The summed E-state index contributed by atoms with van der Waals surface area (Å²) in [6, 6.07) is 16.7. The molecule has 0 aromatic heterocycles. The first kappa shape index (κ1) is 29.7. The Labute approximate surface area is 232 Å². The quantitative estimate of drug-likeness (QED) is 0.169. The fourth-order valence-corrected chi connectivity index (χ4v) is 5.98. The van der Waals surface area contributed by atoms with E-state index >= 15 is 0 Å². The highest BCUT2D eigenvalue weighted by molar-refractivity contribution is 7.89. The van der Waals surface area contributed by atoms with Crippen LogP contribution in [0, 0.1) is 21.7 Å². The largest absolute Gasteiger partial charge is 0.332 e. The Bertz CT molecular complexity index is 1330. The molecule has 12 heteroatoms. The zero-order chi connectivity index (χ0) is 28.8. The Balaban J connectivity index is 1.53. The van der Waals surface area contributed by atoms with Gasteiger partial charge in [0.15, 0.2) is 0 Å². The molecule has 3 aromatic rings. The first-order chi connectivity index (χ1) is 19.1. The van der Waals surface area contributed by atoms with Crippen LogP contribution in [0.15, 0.2) is 77.7 Å². The maximum absolute atomic E-state index is 13.4. The average Bonchev–Trinajstić information content (AvgIpc) is 2.96. The SMILES string of the molecule is CCCC(OCc1ccc(F)cc1)(OCc1ccc(F)cc1)N1CCN(S(=O)(=O)c2ccc([N+](=O)[O-])cc2)CC1. The van der Waals surface area contributed by atoms with Crippen LogP contribution in [0.3, 0.4) is 0 Å². The van der Waals surface area contributed by atoms with Crippen molar-refractivity contribution >= 4 is 15.7 Å². The van der Waals surface area contributed by atoms with Gasteiger partial charge in [0.1, 0.15) is 11.6 Å². The molecule has 9 nitrogen and oxygen atoms in total. The van der Waals surface area contributed by atoms with Crippen molar-refractivity contribution in [3.05, 3.63) is 106 Å². The Kier molecular flexibility index (Phi) is 9.59. The van der Waals surface area contributed by atoms with E-state index in [2.05, 4.69) is 0 Å². The topological polar surface area (TPSA) is 102 Å². The van der Waals surface area contributed by atoms with Gasteiger partial charge in [-0.1, -0.05) is 31.2 Å². The van der Waals surface area contributed by atoms with E-state index in [0.717, 1.165) is 11.1 Å². The summed E-state index contributed by atoms with van der Waals surface area (Å²) in [6.07, 6.45) is 1.15. The second kappa shape index (κ2) is 12.9. The molecular weight excluding hydrogens is 544 g/mol. The second-order valence-electron chi connectivity index (χ2n) is 9.44. The van der Waals surface area contributed by atoms with Gasteiger partial charge in [0, 0.05) is 44.7 Å². The molecule has 0 aliphatic carbocycles. The van der Waals surface area contributed by atoms with Crippen LogP contribution in [0.5, 0.6) is 0 Å². The Morgan fingerprint density at radius 3 is 1.73 bits per heavy atom. The van der Waals surface area contributed by atoms with E-state index in [9.17, 15) is 27.3 Å². The van der Waals surface area contributed by atoms with Gasteiger partial charge in [-0.2, -0.15) is 4.31 Å². The van der Waals surface area contributed by atoms with E-state index in [-0.39, 0.29) is 48.5 Å². The molecule has 0 atom stereocenters. The number of piperazine rings is 1. The molecule has 0 bridgehead atoms. The molecule has 214 valence electrons. The van der Waals surface area contributed by atoms with Crippen LogP contribution in [0.2, 0.25) is 0 Å². The lowest BCUT2D eigenvalue weighted by molar-refractivity contribution is -0.384. The number of non-ortho nitro benzene ring substituents is 1. The van der Waals surface area contributed by atoms with Gasteiger partial charge in [0.05, 0.1) is 23.0 Å². The molecule has 4 rings (SSSR count). The van der Waals surface area contributed by atoms with Crippen molar-refractivity contribution in [1.82, 2.24) is 9.21 Å². The van der Waals surface area contributed by atoms with Crippen LogP contribution < -0.4 is 0 Å². The highest BCUT2D eigenvalue weighted by atomic mass is 32.2. The molecule has 1 saturated heterocycles. The van der Waals surface area contributed by atoms with Gasteiger partial charge in [-0.25, -0.2) is 22.1 Å². The van der Waals surface area contributed by atoms with E-state index in [1.165, 1.54) is 52.8 Å². The van der Waals surface area contributed by atoms with E-state index in [4.69, 9.17) is 9.47 Å². The first-order valence-corrected chi connectivity index (χ1v) is 14.3. The minimum Gasteiger partial charge on any atom is -0.332 e. The molecule has 0 unspecified atom stereocenters. The summed E-state index contributed by atoms with van der Waals surface area (Å²) in [6.45, 7) is 3.11. The molecule has 1 aliphatic heterocycles. The Hall–Kier alpha value is -3.29. The molecule has 0 N–H and O–H groups in total. The fourth-order valence-electron chi connectivity index (χ4n) is 4.55. The summed E-state index contributed by atoms with van der Waals surface area (Å²) < 4.78 is 67.5. The molecule has 0 spiro atoms. The summed E-state index contributed by atoms with van der Waals surface area (Å²) >= 11 is 0. The van der Waals surface area contributed by atoms with Gasteiger partial charge in [0.25, 0.3) is 5.69 Å². The van der Waals surface area contributed by atoms with Crippen LogP contribution in [-0.2, 0) is 32.7 Å². The van der Waals surface area contributed by atoms with Crippen LogP contribution in [-0.4, -0.2) is 54.6 Å². The number of hydrogen-bond acceptors (Lipinski definition) is 7. The van der Waals surface area contributed by atoms with E-state index in [0.29, 0.717) is 25.9 Å². The van der Waals surface area contributed by atoms with Gasteiger partial charge in [-0.05, 0) is 53.9 Å². The van der Waals surface area contributed by atoms with Gasteiger partial charge in [-0.3, -0.25) is 10.1 Å². The van der Waals surface area contributed by atoms with Crippen molar-refractivity contribution in [3.8, 4) is 0 Å². The predicted molar refractivity (Wildman–Crippen MR) is 143 cm³/mol. The standard InChI is InChI=1S/C28H31F2N3O6S/c1-2-15-28(38-20-22-3-7-24(29)8-4-22,39-21-23-5-9-25(30)10-6-23)31-16-18-32(19-17-31)40(36,37)27-13-11-26(12-14-27)33(34)35/h3-14H,2,15-21H2,1H3. The zero-order valence-corrected chi connectivity index (χ0v) is 22.9. The highest BCUT2D eigenvalue weighted by Gasteiger charge is 2.42. The first-order valence-electron chi connectivity index (χ1n) is 12.9. The molecular formula is C28H31F2N3O6S. The molecule has 1 heterocycles. The number of nitro benzene ring substituents is 1. The number of hydrogen-bond donors (Lipinski definition) is 0. The van der Waals surface area contributed by atoms with Crippen molar-refractivity contribution in [2.45, 2.75) is 43.8 Å². The maximum Gasteiger partial charge on any atom is 0.269 e. The normalized spacial score (nSPS) is 15.3. The van der Waals surface area contributed by atoms with Crippen molar-refractivity contribution < 1.29 is 31.6 Å². The van der Waals surface area contributed by atoms with Gasteiger partial charge in [0.2, 0.25) is 15.9 Å². The lowest BCUT2D eigenvalue weighted by atomic mass is 10.2.